The van der Waals surface area contributed by atoms with Gasteiger partial charge < -0.3 is 5.11 Å². The number of carbonyl (C=O) groups excluding carboxylic acids is 1. The molecule has 2 aliphatic rings. The normalized spacial score (nSPS) is 36.1. The average molecular weight is 275 g/mol. The molecule has 1 aromatic carbocycles. The van der Waals surface area contributed by atoms with Crippen LogP contribution < -0.4 is 0 Å². The van der Waals surface area contributed by atoms with E-state index in [1.807, 2.05) is 31.2 Å². The molecule has 1 N–H and O–H groups in total. The van der Waals surface area contributed by atoms with Gasteiger partial charge in [0.1, 0.15) is 0 Å². The molecule has 5 nitrogen and oxygen atoms in total. The average Bonchev–Trinajstić information content (AvgIpc) is 2.54. The highest BCUT2D eigenvalue weighted by atomic mass is 16.6. The maximum absolute atomic E-state index is 12.3. The van der Waals surface area contributed by atoms with Gasteiger partial charge in [0.15, 0.2) is 11.4 Å². The fourth-order valence-electron chi connectivity index (χ4n) is 3.83. The minimum Gasteiger partial charge on any atom is -0.376 e. The molecule has 2 saturated carbocycles. The predicted octanol–water partition coefficient (Wildman–Crippen LogP) is 1.84. The van der Waals surface area contributed by atoms with E-state index in [9.17, 15) is 20.0 Å². The topological polar surface area (TPSA) is 80.4 Å². The summed E-state index contributed by atoms with van der Waals surface area (Å²) >= 11 is 0. The minimum atomic E-state index is -1.78. The highest BCUT2D eigenvalue weighted by molar-refractivity contribution is 5.94. The van der Waals surface area contributed by atoms with Gasteiger partial charge in [0.2, 0.25) is 0 Å². The highest BCUT2D eigenvalue weighted by Gasteiger charge is 2.67. The van der Waals surface area contributed by atoms with E-state index in [2.05, 4.69) is 0 Å². The first-order valence-electron chi connectivity index (χ1n) is 6.92. The number of nitro groups is 1. The third kappa shape index (κ3) is 1.69. The lowest BCUT2D eigenvalue weighted by Gasteiger charge is -2.25. The van der Waals surface area contributed by atoms with Crippen LogP contribution >= 0.6 is 0 Å². The van der Waals surface area contributed by atoms with Crippen LogP contribution in [0, 0.1) is 23.0 Å². The summed E-state index contributed by atoms with van der Waals surface area (Å²) in [6.45, 7) is 1.94. The summed E-state index contributed by atoms with van der Waals surface area (Å²) < 4.78 is 0. The van der Waals surface area contributed by atoms with Crippen molar-refractivity contribution in [1.29, 1.82) is 0 Å². The number of Topliss-reactive ketones (excluding diaryl/α,β-unsaturated/α-hetero) is 1. The zero-order valence-corrected chi connectivity index (χ0v) is 11.3. The quantitative estimate of drug-likeness (QED) is 0.659. The van der Waals surface area contributed by atoms with Crippen molar-refractivity contribution in [1.82, 2.24) is 0 Å². The molecule has 3 rings (SSSR count). The number of rotatable bonds is 2. The fourth-order valence-corrected chi connectivity index (χ4v) is 3.83. The van der Waals surface area contributed by atoms with Crippen molar-refractivity contribution in [3.8, 4) is 0 Å². The van der Waals surface area contributed by atoms with E-state index in [0.29, 0.717) is 12.8 Å². The van der Waals surface area contributed by atoms with Gasteiger partial charge in [-0.1, -0.05) is 29.8 Å². The zero-order valence-electron chi connectivity index (χ0n) is 11.3. The van der Waals surface area contributed by atoms with Crippen LogP contribution in [0.25, 0.3) is 0 Å². The summed E-state index contributed by atoms with van der Waals surface area (Å²) in [5.41, 5.74) is 0.0768. The van der Waals surface area contributed by atoms with Crippen LogP contribution in [0.1, 0.15) is 36.3 Å². The van der Waals surface area contributed by atoms with Crippen molar-refractivity contribution in [2.24, 2.45) is 5.92 Å². The van der Waals surface area contributed by atoms with Crippen molar-refractivity contribution in [2.75, 3.05) is 0 Å². The summed E-state index contributed by atoms with van der Waals surface area (Å²) in [5.74, 6) is -1.27. The Labute approximate surface area is 116 Å². The molecule has 0 amide bonds. The van der Waals surface area contributed by atoms with Crippen molar-refractivity contribution < 1.29 is 14.8 Å². The van der Waals surface area contributed by atoms with E-state index in [0.717, 1.165) is 11.1 Å². The van der Waals surface area contributed by atoms with E-state index in [1.165, 1.54) is 0 Å². The molecule has 4 atom stereocenters. The van der Waals surface area contributed by atoms with Crippen LogP contribution in [-0.2, 0) is 4.79 Å². The minimum absolute atomic E-state index is 0.205. The molecule has 5 heteroatoms. The maximum atomic E-state index is 12.3. The Bertz CT molecular complexity index is 568. The lowest BCUT2D eigenvalue weighted by molar-refractivity contribution is -0.542. The van der Waals surface area contributed by atoms with Crippen LogP contribution in [0.15, 0.2) is 24.3 Å². The Morgan fingerprint density at radius 1 is 1.35 bits per heavy atom. The van der Waals surface area contributed by atoms with Crippen molar-refractivity contribution in [2.45, 2.75) is 43.7 Å². The van der Waals surface area contributed by atoms with Gasteiger partial charge in [0, 0.05) is 10.8 Å². The van der Waals surface area contributed by atoms with Gasteiger partial charge in [-0.3, -0.25) is 14.9 Å². The third-order valence-corrected chi connectivity index (χ3v) is 4.79. The molecule has 2 fully saturated rings. The molecule has 0 unspecified atom stereocenters. The third-order valence-electron chi connectivity index (χ3n) is 4.79. The molecule has 0 saturated heterocycles. The Morgan fingerprint density at radius 3 is 2.60 bits per heavy atom. The molecule has 2 bridgehead atoms. The molecule has 1 aromatic rings. The first-order valence-corrected chi connectivity index (χ1v) is 6.92. The van der Waals surface area contributed by atoms with Crippen LogP contribution in [-0.4, -0.2) is 27.5 Å². The molecule has 20 heavy (non-hydrogen) atoms. The summed E-state index contributed by atoms with van der Waals surface area (Å²) in [6, 6.07) is 6.25. The van der Waals surface area contributed by atoms with Crippen molar-refractivity contribution in [3.63, 3.8) is 0 Å². The van der Waals surface area contributed by atoms with E-state index >= 15 is 0 Å². The lowest BCUT2D eigenvalue weighted by atomic mass is 9.82. The van der Waals surface area contributed by atoms with Gasteiger partial charge in [0.05, 0.1) is 5.92 Å². The maximum Gasteiger partial charge on any atom is 0.255 e. The number of carbonyl (C=O) groups is 1. The molecule has 0 spiro atoms. The highest BCUT2D eigenvalue weighted by Crippen LogP contribution is 2.51. The number of nitrogens with zero attached hydrogens (tertiary/aromatic N) is 1. The first kappa shape index (κ1) is 13.2. The molecular formula is C15H17NO4. The number of ketones is 1. The van der Waals surface area contributed by atoms with Gasteiger partial charge in [-0.05, 0) is 31.7 Å². The van der Waals surface area contributed by atoms with E-state index in [-0.39, 0.29) is 12.2 Å². The lowest BCUT2D eigenvalue weighted by Crippen LogP contribution is -2.49. The number of hydrogen-bond acceptors (Lipinski definition) is 4. The SMILES string of the molecule is Cc1ccc([C@H]2[C@H]([N+](=O)[O-])[C@]3(O)CCC[C@H]2C3=O)cc1. The van der Waals surface area contributed by atoms with E-state index < -0.39 is 28.4 Å². The molecule has 0 aliphatic heterocycles. The molecule has 106 valence electrons. The monoisotopic (exact) mass is 275 g/mol. The van der Waals surface area contributed by atoms with E-state index in [4.69, 9.17) is 0 Å². The smallest absolute Gasteiger partial charge is 0.255 e. The Balaban J connectivity index is 2.10. The Hall–Kier alpha value is -1.75. The number of aliphatic hydroxyl groups is 1. The second-order valence-corrected chi connectivity index (χ2v) is 5.95. The summed E-state index contributed by atoms with van der Waals surface area (Å²) in [6.07, 6.45) is 1.50. The van der Waals surface area contributed by atoms with Gasteiger partial charge in [-0.2, -0.15) is 0 Å². The standard InChI is InChI=1S/C15H17NO4/c1-9-4-6-10(7-5-9)12-11-3-2-8-15(18,14(11)17)13(12)16(19)20/h4-7,11-13,18H,2-3,8H2,1H3/t11-,12-,13+,15-/m1/s1. The van der Waals surface area contributed by atoms with E-state index in [1.54, 1.807) is 0 Å². The van der Waals surface area contributed by atoms with Gasteiger partial charge in [-0.25, -0.2) is 0 Å². The molecule has 0 aromatic heterocycles. The van der Waals surface area contributed by atoms with Crippen LogP contribution in [0.4, 0.5) is 0 Å². The van der Waals surface area contributed by atoms with Gasteiger partial charge in [0.25, 0.3) is 6.04 Å². The van der Waals surface area contributed by atoms with Gasteiger partial charge >= 0.3 is 0 Å². The molecule has 0 radical (unpaired) electrons. The van der Waals surface area contributed by atoms with Crippen molar-refractivity contribution in [3.05, 3.63) is 45.5 Å². The van der Waals surface area contributed by atoms with Gasteiger partial charge in [-0.15, -0.1) is 0 Å². The van der Waals surface area contributed by atoms with Crippen LogP contribution in [0.3, 0.4) is 0 Å². The zero-order chi connectivity index (χ0) is 14.5. The number of hydrogen-bond donors (Lipinski definition) is 1. The second-order valence-electron chi connectivity index (χ2n) is 5.95. The molecular weight excluding hydrogens is 258 g/mol. The summed E-state index contributed by atoms with van der Waals surface area (Å²) in [4.78, 5) is 23.3. The fraction of sp³-hybridized carbons (Fsp3) is 0.533. The summed E-state index contributed by atoms with van der Waals surface area (Å²) in [5, 5.41) is 22.0. The first-order chi connectivity index (χ1) is 9.45. The second kappa shape index (κ2) is 4.38. The number of benzene rings is 1. The largest absolute Gasteiger partial charge is 0.376 e. The Morgan fingerprint density at radius 2 is 2.00 bits per heavy atom. The molecule has 0 heterocycles. The van der Waals surface area contributed by atoms with Crippen LogP contribution in [0.5, 0.6) is 0 Å². The predicted molar refractivity (Wildman–Crippen MR) is 72.0 cm³/mol. The number of aryl methyl sites for hydroxylation is 1. The number of fused-ring (bicyclic) bond motifs is 2. The Kier molecular flexibility index (Phi) is 2.90. The van der Waals surface area contributed by atoms with Crippen molar-refractivity contribution >= 4 is 5.78 Å². The summed E-state index contributed by atoms with van der Waals surface area (Å²) in [7, 11) is 0. The molecule has 2 aliphatic carbocycles. The van der Waals surface area contributed by atoms with Crippen LogP contribution in [0.2, 0.25) is 0 Å².